The zero-order valence-electron chi connectivity index (χ0n) is 15.9. The molecule has 2 aromatic rings. The van der Waals surface area contributed by atoms with E-state index in [-0.39, 0.29) is 18.4 Å². The highest BCUT2D eigenvalue weighted by Crippen LogP contribution is 2.37. The number of hydrogen-bond acceptors (Lipinski definition) is 5. The Morgan fingerprint density at radius 2 is 1.76 bits per heavy atom. The summed E-state index contributed by atoms with van der Waals surface area (Å²) >= 11 is 12.5. The van der Waals surface area contributed by atoms with Crippen LogP contribution in [0.5, 0.6) is 0 Å². The molecule has 0 bridgehead atoms. The normalized spacial score (nSPS) is 18.2. The Balaban J connectivity index is 1.76. The van der Waals surface area contributed by atoms with Crippen molar-refractivity contribution in [3.8, 4) is 0 Å². The molecule has 8 heteroatoms. The molecule has 4 rings (SSSR count). The fourth-order valence-electron chi connectivity index (χ4n) is 3.62. The zero-order valence-corrected chi connectivity index (χ0v) is 17.5. The van der Waals surface area contributed by atoms with Gasteiger partial charge < -0.3 is 9.80 Å². The minimum Gasteiger partial charge on any atom is -0.364 e. The van der Waals surface area contributed by atoms with Gasteiger partial charge in [0.2, 0.25) is 0 Å². The first-order valence-electron chi connectivity index (χ1n) is 9.35. The zero-order chi connectivity index (χ0) is 20.5. The molecule has 1 fully saturated rings. The number of likely N-dealkylation sites (N-methyl/N-ethyl adjacent to an activating group) is 1. The van der Waals surface area contributed by atoms with Crippen molar-refractivity contribution in [2.45, 2.75) is 6.54 Å². The van der Waals surface area contributed by atoms with Crippen molar-refractivity contribution < 1.29 is 9.59 Å². The van der Waals surface area contributed by atoms with E-state index in [0.717, 1.165) is 13.1 Å². The summed E-state index contributed by atoms with van der Waals surface area (Å²) in [5, 5.41) is 0.822. The number of nitrogens with zero attached hydrogens (tertiary/aromatic N) is 4. The van der Waals surface area contributed by atoms with Gasteiger partial charge in [0.15, 0.2) is 0 Å². The number of imide groups is 1. The van der Waals surface area contributed by atoms with Gasteiger partial charge in [-0.2, -0.15) is 0 Å². The summed E-state index contributed by atoms with van der Waals surface area (Å²) in [6.07, 6.45) is 1.64. The molecule has 3 heterocycles. The molecule has 2 aliphatic rings. The maximum atomic E-state index is 13.4. The highest BCUT2D eigenvalue weighted by molar-refractivity contribution is 6.41. The molecular weight excluding hydrogens is 411 g/mol. The van der Waals surface area contributed by atoms with Crippen LogP contribution in [0.15, 0.2) is 48.3 Å². The summed E-state index contributed by atoms with van der Waals surface area (Å²) in [7, 11) is 2.04. The van der Waals surface area contributed by atoms with Gasteiger partial charge in [-0.3, -0.25) is 19.5 Å². The molecule has 0 spiro atoms. The maximum absolute atomic E-state index is 13.4. The third kappa shape index (κ3) is 3.88. The summed E-state index contributed by atoms with van der Waals surface area (Å²) in [4.78, 5) is 36.4. The monoisotopic (exact) mass is 430 g/mol. The molecule has 0 saturated carbocycles. The lowest BCUT2D eigenvalue weighted by molar-refractivity contribution is -0.138. The van der Waals surface area contributed by atoms with Crippen molar-refractivity contribution >= 4 is 40.6 Å². The smallest absolute Gasteiger partial charge is 0.278 e. The van der Waals surface area contributed by atoms with Gasteiger partial charge in [-0.25, -0.2) is 0 Å². The minimum absolute atomic E-state index is 0.116. The molecule has 150 valence electrons. The number of benzene rings is 1. The Bertz CT molecular complexity index is 985. The first-order chi connectivity index (χ1) is 14.0. The van der Waals surface area contributed by atoms with Crippen molar-refractivity contribution in [1.82, 2.24) is 19.7 Å². The number of aromatic nitrogens is 1. The fraction of sp³-hybridized carbons (Fsp3) is 0.286. The number of halogens is 2. The third-order valence-corrected chi connectivity index (χ3v) is 5.76. The summed E-state index contributed by atoms with van der Waals surface area (Å²) in [6, 6.07) is 10.4. The largest absolute Gasteiger partial charge is 0.364 e. The molecule has 0 aliphatic carbocycles. The Hall–Kier alpha value is -2.41. The van der Waals surface area contributed by atoms with Gasteiger partial charge in [0.25, 0.3) is 11.8 Å². The second kappa shape index (κ2) is 8.14. The lowest BCUT2D eigenvalue weighted by Crippen LogP contribution is -2.46. The molecule has 1 saturated heterocycles. The van der Waals surface area contributed by atoms with Crippen LogP contribution in [0.25, 0.3) is 5.57 Å². The second-order valence-electron chi connectivity index (χ2n) is 7.16. The first-order valence-corrected chi connectivity index (χ1v) is 10.1. The topological polar surface area (TPSA) is 56.8 Å². The Morgan fingerprint density at radius 3 is 2.41 bits per heavy atom. The quantitative estimate of drug-likeness (QED) is 0.697. The molecule has 0 radical (unpaired) electrons. The van der Waals surface area contributed by atoms with Crippen LogP contribution in [0, 0.1) is 0 Å². The van der Waals surface area contributed by atoms with Gasteiger partial charge in [0.1, 0.15) is 5.70 Å². The average molecular weight is 431 g/mol. The molecule has 0 atom stereocenters. The SMILES string of the molecule is CN1CCN(C2=C(c3ccc(Cl)cc3Cl)C(=O)N(Cc3ccccn3)C2=O)CC1. The Morgan fingerprint density at radius 1 is 1.00 bits per heavy atom. The van der Waals surface area contributed by atoms with Crippen molar-refractivity contribution in [1.29, 1.82) is 0 Å². The number of hydrogen-bond donors (Lipinski definition) is 0. The van der Waals surface area contributed by atoms with Crippen molar-refractivity contribution in [3.63, 3.8) is 0 Å². The molecule has 2 aliphatic heterocycles. The number of piperazine rings is 1. The van der Waals surface area contributed by atoms with Crippen LogP contribution >= 0.6 is 23.2 Å². The van der Waals surface area contributed by atoms with Crippen LogP contribution in [-0.2, 0) is 16.1 Å². The van der Waals surface area contributed by atoms with Crippen molar-refractivity contribution in [2.75, 3.05) is 33.2 Å². The molecule has 29 heavy (non-hydrogen) atoms. The summed E-state index contributed by atoms with van der Waals surface area (Å²) < 4.78 is 0. The predicted molar refractivity (Wildman–Crippen MR) is 112 cm³/mol. The van der Waals surface area contributed by atoms with E-state index in [1.807, 2.05) is 18.0 Å². The van der Waals surface area contributed by atoms with Crippen LogP contribution in [0.4, 0.5) is 0 Å². The van der Waals surface area contributed by atoms with Gasteiger partial charge in [-0.05, 0) is 31.3 Å². The van der Waals surface area contributed by atoms with Gasteiger partial charge >= 0.3 is 0 Å². The van der Waals surface area contributed by atoms with E-state index < -0.39 is 0 Å². The molecule has 2 amide bonds. The van der Waals surface area contributed by atoms with E-state index in [9.17, 15) is 9.59 Å². The van der Waals surface area contributed by atoms with Gasteiger partial charge in [0.05, 0.1) is 22.8 Å². The highest BCUT2D eigenvalue weighted by atomic mass is 35.5. The lowest BCUT2D eigenvalue weighted by Gasteiger charge is -2.34. The molecular formula is C21H20Cl2N4O2. The van der Waals surface area contributed by atoms with E-state index in [2.05, 4.69) is 9.88 Å². The highest BCUT2D eigenvalue weighted by Gasteiger charge is 2.42. The first kappa shape index (κ1) is 19.9. The average Bonchev–Trinajstić information content (AvgIpc) is 2.94. The van der Waals surface area contributed by atoms with Gasteiger partial charge in [-0.15, -0.1) is 0 Å². The third-order valence-electron chi connectivity index (χ3n) is 5.21. The second-order valence-corrected chi connectivity index (χ2v) is 8.00. The number of carbonyl (C=O) groups is 2. The van der Waals surface area contributed by atoms with Gasteiger partial charge in [0, 0.05) is 43.0 Å². The van der Waals surface area contributed by atoms with Crippen LogP contribution in [-0.4, -0.2) is 64.7 Å². The summed E-state index contributed by atoms with van der Waals surface area (Å²) in [6.45, 7) is 3.07. The lowest BCUT2D eigenvalue weighted by atomic mass is 10.0. The minimum atomic E-state index is -0.362. The van der Waals surface area contributed by atoms with Crippen LogP contribution in [0.1, 0.15) is 11.3 Å². The molecule has 0 N–H and O–H groups in total. The van der Waals surface area contributed by atoms with Crippen LogP contribution in [0.2, 0.25) is 10.0 Å². The van der Waals surface area contributed by atoms with E-state index in [4.69, 9.17) is 23.2 Å². The summed E-state index contributed by atoms with van der Waals surface area (Å²) in [5.74, 6) is -0.676. The van der Waals surface area contributed by atoms with E-state index in [1.165, 1.54) is 4.90 Å². The fourth-order valence-corrected chi connectivity index (χ4v) is 4.12. The van der Waals surface area contributed by atoms with Crippen LogP contribution in [0.3, 0.4) is 0 Å². The molecule has 0 unspecified atom stereocenters. The standard InChI is InChI=1S/C21H20Cl2N4O2/c1-25-8-10-26(11-9-25)19-18(16-6-5-14(22)12-17(16)23)20(28)27(21(19)29)13-15-4-2-3-7-24-15/h2-7,12H,8-11,13H2,1H3. The van der Waals surface area contributed by atoms with Crippen molar-refractivity contribution in [2.24, 2.45) is 0 Å². The maximum Gasteiger partial charge on any atom is 0.278 e. The number of rotatable bonds is 4. The Kier molecular flexibility index (Phi) is 5.58. The number of amides is 2. The van der Waals surface area contributed by atoms with Crippen LogP contribution < -0.4 is 0 Å². The van der Waals surface area contributed by atoms with E-state index in [1.54, 1.807) is 36.5 Å². The van der Waals surface area contributed by atoms with E-state index in [0.29, 0.717) is 45.7 Å². The predicted octanol–water partition coefficient (Wildman–Crippen LogP) is 2.92. The summed E-state index contributed by atoms with van der Waals surface area (Å²) in [5.41, 5.74) is 1.91. The number of carbonyl (C=O) groups excluding carboxylic acids is 2. The van der Waals surface area contributed by atoms with Gasteiger partial charge in [-0.1, -0.05) is 35.3 Å². The Labute approximate surface area is 179 Å². The molecule has 1 aromatic carbocycles. The van der Waals surface area contributed by atoms with E-state index >= 15 is 0 Å². The number of pyridine rings is 1. The molecule has 1 aromatic heterocycles. The molecule has 6 nitrogen and oxygen atoms in total. The van der Waals surface area contributed by atoms with Crippen molar-refractivity contribution in [3.05, 3.63) is 69.6 Å².